The fourth-order valence-electron chi connectivity index (χ4n) is 0.500. The van der Waals surface area contributed by atoms with E-state index in [0.717, 1.165) is 0 Å². The van der Waals surface area contributed by atoms with Crippen LogP contribution in [0.15, 0.2) is 0 Å². The van der Waals surface area contributed by atoms with E-state index in [0.29, 0.717) is 0 Å². The van der Waals surface area contributed by atoms with Gasteiger partial charge >= 0.3 is 18.1 Å². The highest BCUT2D eigenvalue weighted by Gasteiger charge is 2.19. The molecule has 0 radical (unpaired) electrons. The van der Waals surface area contributed by atoms with E-state index in [2.05, 4.69) is 26.6 Å². The van der Waals surface area contributed by atoms with Gasteiger partial charge in [0, 0.05) is 42.7 Å². The predicted molar refractivity (Wildman–Crippen MR) is 53.6 cm³/mol. The van der Waals surface area contributed by atoms with Gasteiger partial charge in [-0.2, -0.15) is 0 Å². The average Bonchev–Trinajstić information content (AvgIpc) is 2.37. The lowest BCUT2D eigenvalue weighted by Gasteiger charge is -2.29. The van der Waals surface area contributed by atoms with Crippen molar-refractivity contribution in [1.82, 2.24) is 0 Å². The Bertz CT molecular complexity index is 126. The van der Waals surface area contributed by atoms with Crippen LogP contribution in [0.3, 0.4) is 0 Å². The maximum absolute atomic E-state index is 10.7. The Hall–Kier alpha value is 0.114. The van der Waals surface area contributed by atoms with Crippen molar-refractivity contribution in [3.8, 4) is 0 Å². The second-order valence-corrected chi connectivity index (χ2v) is 6.67. The average molecular weight is 274 g/mol. The Labute approximate surface area is 97.6 Å². The molecule has 0 aromatic rings. The summed E-state index contributed by atoms with van der Waals surface area (Å²) in [5, 5.41) is 0. The lowest BCUT2D eigenvalue weighted by molar-refractivity contribution is -0.308. The molecule has 0 amide bonds. The topological polar surface area (TPSA) is 102 Å². The first-order valence-corrected chi connectivity index (χ1v) is 7.35. The summed E-state index contributed by atoms with van der Waals surface area (Å²) in [5.74, 6) is 0. The molecular weight excluding hydrogens is 256 g/mol. The molecule has 0 atom stereocenters. The minimum absolute atomic E-state index is 1.27. The Morgan fingerprint density at radius 1 is 0.500 bits per heavy atom. The van der Waals surface area contributed by atoms with Crippen molar-refractivity contribution in [2.75, 3.05) is 42.7 Å². The first-order valence-electron chi connectivity index (χ1n) is 4.08. The molecule has 0 aliphatic rings. The molecule has 0 rings (SSSR count). The van der Waals surface area contributed by atoms with Gasteiger partial charge in [0.05, 0.1) is 0 Å². The van der Waals surface area contributed by atoms with Gasteiger partial charge in [0.2, 0.25) is 0 Å². The van der Waals surface area contributed by atoms with E-state index in [9.17, 15) is 9.59 Å². The van der Waals surface area contributed by atoms with Gasteiger partial charge in [0.25, 0.3) is 0 Å². The minimum atomic E-state index is -3.42. The third-order valence-electron chi connectivity index (χ3n) is 1.50. The van der Waals surface area contributed by atoms with Crippen LogP contribution in [-0.2, 0) is 26.6 Å². The molecule has 0 aliphatic carbocycles. The highest BCUT2D eigenvalue weighted by Crippen LogP contribution is 1.93. The zero-order valence-corrected chi connectivity index (χ0v) is 12.3. The van der Waals surface area contributed by atoms with Crippen molar-refractivity contribution in [2.24, 2.45) is 0 Å². The van der Waals surface area contributed by atoms with Crippen molar-refractivity contribution in [3.05, 3.63) is 0 Å². The van der Waals surface area contributed by atoms with E-state index in [-0.39, 0.29) is 0 Å². The fraction of sp³-hybridized carbons (Fsp3) is 1.00. The van der Waals surface area contributed by atoms with E-state index in [4.69, 9.17) is 0 Å². The molecule has 0 unspecified atom stereocenters. The molecule has 8 nitrogen and oxygen atoms in total. The quantitative estimate of drug-likeness (QED) is 0.488. The van der Waals surface area contributed by atoms with Gasteiger partial charge in [-0.15, -0.1) is 0 Å². The first-order chi connectivity index (χ1) is 7.36. The van der Waals surface area contributed by atoms with Gasteiger partial charge in [-0.25, -0.2) is 0 Å². The molecule has 0 saturated heterocycles. The van der Waals surface area contributed by atoms with Gasteiger partial charge in [0.15, 0.2) is 0 Å². The van der Waals surface area contributed by atoms with E-state index >= 15 is 0 Å². The molecule has 0 N–H and O–H groups in total. The second-order valence-electron chi connectivity index (χ2n) is 2.22. The zero-order valence-electron chi connectivity index (χ0n) is 10.3. The van der Waals surface area contributed by atoms with E-state index < -0.39 is 18.1 Å². The van der Waals surface area contributed by atoms with E-state index in [1.54, 1.807) is 0 Å². The van der Waals surface area contributed by atoms with Crippen LogP contribution in [0.1, 0.15) is 0 Å². The largest absolute Gasteiger partial charge is 0.793 e. The second kappa shape index (κ2) is 9.18. The first kappa shape index (κ1) is 18.5. The molecule has 0 spiro atoms. The standard InChI is InChI=1S/2C3H9O4Si/c2*1-5-8(4,6-2)7-3/h2*1-3H3/q2*-1. The van der Waals surface area contributed by atoms with Crippen LogP contribution >= 0.6 is 0 Å². The third kappa shape index (κ3) is 7.40. The highest BCUT2D eigenvalue weighted by atomic mass is 28.4. The maximum atomic E-state index is 10.7. The molecule has 0 aromatic carbocycles. The number of hydrogen-bond acceptors (Lipinski definition) is 8. The predicted octanol–water partition coefficient (Wildman–Crippen LogP) is -2.56. The van der Waals surface area contributed by atoms with Crippen LogP contribution in [0.2, 0.25) is 0 Å². The molecule has 10 heteroatoms. The summed E-state index contributed by atoms with van der Waals surface area (Å²) in [7, 11) is 0.778. The third-order valence-corrected chi connectivity index (χ3v) is 4.50. The van der Waals surface area contributed by atoms with E-state index in [1.807, 2.05) is 0 Å². The summed E-state index contributed by atoms with van der Waals surface area (Å²) in [6.45, 7) is 0. The van der Waals surface area contributed by atoms with Crippen molar-refractivity contribution in [1.29, 1.82) is 0 Å². The molecule has 0 heterocycles. The molecular formula is C6H18O8Si2-2. The van der Waals surface area contributed by atoms with Crippen LogP contribution in [0.4, 0.5) is 0 Å². The van der Waals surface area contributed by atoms with Crippen LogP contribution in [-0.4, -0.2) is 60.8 Å². The smallest absolute Gasteiger partial charge is 0.412 e. The van der Waals surface area contributed by atoms with Gasteiger partial charge < -0.3 is 36.1 Å². The summed E-state index contributed by atoms with van der Waals surface area (Å²) < 4.78 is 26.2. The molecule has 0 bridgehead atoms. The minimum Gasteiger partial charge on any atom is -0.793 e. The fourth-order valence-corrected chi connectivity index (χ4v) is 1.50. The Morgan fingerprint density at radius 2 is 0.625 bits per heavy atom. The monoisotopic (exact) mass is 274 g/mol. The van der Waals surface area contributed by atoms with Gasteiger partial charge in [-0.3, -0.25) is 0 Å². The summed E-state index contributed by atoms with van der Waals surface area (Å²) in [6.07, 6.45) is 0. The molecule has 16 heavy (non-hydrogen) atoms. The Balaban J connectivity index is 0. The van der Waals surface area contributed by atoms with Crippen molar-refractivity contribution >= 4 is 18.1 Å². The Kier molecular flexibility index (Phi) is 10.6. The van der Waals surface area contributed by atoms with Crippen molar-refractivity contribution < 1.29 is 36.1 Å². The molecule has 0 aromatic heterocycles. The van der Waals surface area contributed by atoms with Crippen LogP contribution in [0.25, 0.3) is 0 Å². The summed E-state index contributed by atoms with van der Waals surface area (Å²) in [6, 6.07) is 0. The number of hydrogen-bond donors (Lipinski definition) is 0. The molecule has 0 aliphatic heterocycles. The van der Waals surface area contributed by atoms with Crippen molar-refractivity contribution in [3.63, 3.8) is 0 Å². The normalized spacial score (nSPS) is 12.0. The summed E-state index contributed by atoms with van der Waals surface area (Å²) >= 11 is 0. The molecule has 0 saturated carbocycles. The van der Waals surface area contributed by atoms with Gasteiger partial charge in [0.1, 0.15) is 0 Å². The highest BCUT2D eigenvalue weighted by molar-refractivity contribution is 6.50. The number of rotatable bonds is 6. The molecule has 0 fully saturated rings. The SMILES string of the molecule is CO[Si]([O-])(OC)OC.CO[Si]([O-])(OC)OC. The van der Waals surface area contributed by atoms with Crippen molar-refractivity contribution in [2.45, 2.75) is 0 Å². The van der Waals surface area contributed by atoms with Gasteiger partial charge in [-0.1, -0.05) is 0 Å². The lowest BCUT2D eigenvalue weighted by Crippen LogP contribution is -2.56. The Morgan fingerprint density at radius 3 is 0.625 bits per heavy atom. The van der Waals surface area contributed by atoms with Crippen LogP contribution < -0.4 is 9.59 Å². The lowest BCUT2D eigenvalue weighted by atomic mass is 11.8. The molecule has 100 valence electrons. The van der Waals surface area contributed by atoms with Crippen LogP contribution in [0.5, 0.6) is 0 Å². The zero-order chi connectivity index (χ0) is 13.2. The van der Waals surface area contributed by atoms with E-state index in [1.165, 1.54) is 42.7 Å². The van der Waals surface area contributed by atoms with Gasteiger partial charge in [-0.05, 0) is 0 Å². The summed E-state index contributed by atoms with van der Waals surface area (Å²) in [4.78, 5) is 21.4. The van der Waals surface area contributed by atoms with Crippen LogP contribution in [0, 0.1) is 0 Å². The summed E-state index contributed by atoms with van der Waals surface area (Å²) in [5.41, 5.74) is 0. The maximum Gasteiger partial charge on any atom is 0.412 e.